The van der Waals surface area contributed by atoms with Gasteiger partial charge in [0.2, 0.25) is 0 Å². The molecule has 4 rings (SSSR count). The van der Waals surface area contributed by atoms with Gasteiger partial charge in [-0.15, -0.1) is 0 Å². The molecule has 3 aliphatic heterocycles. The Bertz CT molecular complexity index is 534. The van der Waals surface area contributed by atoms with Gasteiger partial charge in [0.25, 0.3) is 0 Å². The normalized spacial score (nSPS) is 29.2. The summed E-state index contributed by atoms with van der Waals surface area (Å²) >= 11 is 0. The van der Waals surface area contributed by atoms with Gasteiger partial charge in [-0.3, -0.25) is 9.80 Å². The Morgan fingerprint density at radius 2 is 1.32 bits per heavy atom. The number of likely N-dealkylation sites (tertiary alicyclic amines) is 2. The lowest BCUT2D eigenvalue weighted by molar-refractivity contribution is -0.00337. The Morgan fingerprint density at radius 1 is 0.742 bits per heavy atom. The highest BCUT2D eigenvalue weighted by molar-refractivity contribution is 4.95. The smallest absolute Gasteiger partial charge is 0.0125 e. The molecule has 0 amide bonds. The summed E-state index contributed by atoms with van der Waals surface area (Å²) in [6.45, 7) is 23.7. The number of hydrogen-bond acceptors (Lipinski definition) is 4. The SMILES string of the molecule is CC(C)N1CCN(CC2CCN(C3CCC4(CC3)CCN(C(C)(C)C)CC4)CC2)CC1. The highest BCUT2D eigenvalue weighted by atomic mass is 15.3. The fourth-order valence-electron chi connectivity index (χ4n) is 7.06. The second-order valence-corrected chi connectivity index (χ2v) is 12.8. The van der Waals surface area contributed by atoms with Gasteiger partial charge in [-0.2, -0.15) is 0 Å². The molecule has 180 valence electrons. The third kappa shape index (κ3) is 6.05. The number of piperazine rings is 1. The Labute approximate surface area is 193 Å². The fourth-order valence-corrected chi connectivity index (χ4v) is 7.06. The largest absolute Gasteiger partial charge is 0.301 e. The van der Waals surface area contributed by atoms with E-state index in [-0.39, 0.29) is 0 Å². The predicted octanol–water partition coefficient (Wildman–Crippen LogP) is 4.55. The van der Waals surface area contributed by atoms with E-state index in [4.69, 9.17) is 0 Å². The maximum absolute atomic E-state index is 2.89. The van der Waals surface area contributed by atoms with Crippen molar-refractivity contribution in [2.75, 3.05) is 58.9 Å². The van der Waals surface area contributed by atoms with Crippen molar-refractivity contribution in [3.63, 3.8) is 0 Å². The highest BCUT2D eigenvalue weighted by Gasteiger charge is 2.41. The van der Waals surface area contributed by atoms with Gasteiger partial charge in [0.05, 0.1) is 0 Å². The molecule has 4 heteroatoms. The minimum absolute atomic E-state index is 0.352. The number of nitrogens with zero attached hydrogens (tertiary/aromatic N) is 4. The maximum Gasteiger partial charge on any atom is 0.0125 e. The molecule has 1 aliphatic carbocycles. The molecule has 0 aromatic rings. The van der Waals surface area contributed by atoms with Crippen molar-refractivity contribution in [2.45, 2.75) is 104 Å². The zero-order chi connectivity index (χ0) is 22.1. The first-order valence-corrected chi connectivity index (χ1v) is 13.7. The zero-order valence-electron chi connectivity index (χ0n) is 21.5. The second-order valence-electron chi connectivity index (χ2n) is 12.8. The van der Waals surface area contributed by atoms with Crippen LogP contribution in [0, 0.1) is 11.3 Å². The van der Waals surface area contributed by atoms with E-state index in [1.54, 1.807) is 0 Å². The van der Waals surface area contributed by atoms with Crippen LogP contribution in [0.1, 0.15) is 86.0 Å². The predicted molar refractivity (Wildman–Crippen MR) is 133 cm³/mol. The summed E-state index contributed by atoms with van der Waals surface area (Å²) in [6, 6.07) is 1.60. The molecule has 3 saturated heterocycles. The van der Waals surface area contributed by atoms with Gasteiger partial charge >= 0.3 is 0 Å². The molecule has 4 nitrogen and oxygen atoms in total. The van der Waals surface area contributed by atoms with Crippen molar-refractivity contribution < 1.29 is 0 Å². The van der Waals surface area contributed by atoms with E-state index in [9.17, 15) is 0 Å². The number of hydrogen-bond donors (Lipinski definition) is 0. The minimum Gasteiger partial charge on any atom is -0.301 e. The van der Waals surface area contributed by atoms with Crippen LogP contribution in [0.25, 0.3) is 0 Å². The van der Waals surface area contributed by atoms with E-state index in [1.165, 1.54) is 110 Å². The lowest BCUT2D eigenvalue weighted by atomic mass is 9.66. The molecule has 1 spiro atoms. The molecule has 1 saturated carbocycles. The molecule has 0 aromatic heterocycles. The van der Waals surface area contributed by atoms with Gasteiger partial charge in [0, 0.05) is 50.3 Å². The first-order valence-electron chi connectivity index (χ1n) is 13.7. The third-order valence-electron chi connectivity index (χ3n) is 9.61. The van der Waals surface area contributed by atoms with Crippen molar-refractivity contribution >= 4 is 0 Å². The van der Waals surface area contributed by atoms with Gasteiger partial charge in [0.1, 0.15) is 0 Å². The Balaban J connectivity index is 1.15. The van der Waals surface area contributed by atoms with Crippen molar-refractivity contribution in [2.24, 2.45) is 11.3 Å². The Kier molecular flexibility index (Phi) is 7.73. The average molecular weight is 433 g/mol. The van der Waals surface area contributed by atoms with Crippen molar-refractivity contribution in [3.8, 4) is 0 Å². The van der Waals surface area contributed by atoms with Crippen molar-refractivity contribution in [1.82, 2.24) is 19.6 Å². The topological polar surface area (TPSA) is 13.0 Å². The lowest BCUT2D eigenvalue weighted by Gasteiger charge is -2.51. The Hall–Kier alpha value is -0.160. The van der Waals surface area contributed by atoms with Gasteiger partial charge in [0.15, 0.2) is 0 Å². The van der Waals surface area contributed by atoms with Gasteiger partial charge in [-0.25, -0.2) is 0 Å². The molecule has 4 aliphatic rings. The molecule has 0 radical (unpaired) electrons. The Morgan fingerprint density at radius 3 is 1.84 bits per heavy atom. The summed E-state index contributed by atoms with van der Waals surface area (Å²) in [5.41, 5.74) is 1.04. The van der Waals surface area contributed by atoms with Crippen LogP contribution in [-0.2, 0) is 0 Å². The van der Waals surface area contributed by atoms with Crippen LogP contribution < -0.4 is 0 Å². The van der Waals surface area contributed by atoms with Gasteiger partial charge in [-0.05, 0) is 123 Å². The number of rotatable bonds is 4. The summed E-state index contributed by atoms with van der Waals surface area (Å²) in [6.07, 6.45) is 11.7. The molecular formula is C27H52N4. The lowest BCUT2D eigenvalue weighted by Crippen LogP contribution is -2.52. The molecule has 3 heterocycles. The van der Waals surface area contributed by atoms with Crippen LogP contribution in [0.4, 0.5) is 0 Å². The van der Waals surface area contributed by atoms with Crippen molar-refractivity contribution in [1.29, 1.82) is 0 Å². The summed E-state index contributed by atoms with van der Waals surface area (Å²) < 4.78 is 0. The molecular weight excluding hydrogens is 380 g/mol. The van der Waals surface area contributed by atoms with Crippen LogP contribution in [0.15, 0.2) is 0 Å². The van der Waals surface area contributed by atoms with Crippen LogP contribution in [0.2, 0.25) is 0 Å². The summed E-state index contributed by atoms with van der Waals surface area (Å²) in [4.78, 5) is 11.0. The zero-order valence-corrected chi connectivity index (χ0v) is 21.5. The minimum atomic E-state index is 0.352. The van der Waals surface area contributed by atoms with E-state index < -0.39 is 0 Å². The van der Waals surface area contributed by atoms with E-state index in [2.05, 4.69) is 54.2 Å². The quantitative estimate of drug-likeness (QED) is 0.646. The third-order valence-corrected chi connectivity index (χ3v) is 9.61. The summed E-state index contributed by atoms with van der Waals surface area (Å²) in [5, 5.41) is 0. The van der Waals surface area contributed by atoms with E-state index in [1.807, 2.05) is 0 Å². The van der Waals surface area contributed by atoms with Crippen molar-refractivity contribution in [3.05, 3.63) is 0 Å². The van der Waals surface area contributed by atoms with E-state index in [0.29, 0.717) is 17.0 Å². The number of piperidine rings is 2. The van der Waals surface area contributed by atoms with E-state index in [0.717, 1.165) is 12.0 Å². The molecule has 0 unspecified atom stereocenters. The van der Waals surface area contributed by atoms with Crippen LogP contribution in [0.5, 0.6) is 0 Å². The molecule has 0 N–H and O–H groups in total. The summed E-state index contributed by atoms with van der Waals surface area (Å²) in [7, 11) is 0. The van der Waals surface area contributed by atoms with E-state index >= 15 is 0 Å². The van der Waals surface area contributed by atoms with Gasteiger partial charge in [-0.1, -0.05) is 0 Å². The highest BCUT2D eigenvalue weighted by Crippen LogP contribution is 2.46. The average Bonchev–Trinajstić information content (AvgIpc) is 2.75. The molecule has 4 fully saturated rings. The molecule has 31 heavy (non-hydrogen) atoms. The second kappa shape index (κ2) is 9.99. The molecule has 0 bridgehead atoms. The van der Waals surface area contributed by atoms with Crippen LogP contribution in [-0.4, -0.2) is 96.1 Å². The maximum atomic E-state index is 2.89. The fraction of sp³-hybridized carbons (Fsp3) is 1.00. The monoisotopic (exact) mass is 432 g/mol. The van der Waals surface area contributed by atoms with Crippen LogP contribution in [0.3, 0.4) is 0 Å². The first-order chi connectivity index (χ1) is 14.7. The van der Waals surface area contributed by atoms with Crippen LogP contribution >= 0.6 is 0 Å². The van der Waals surface area contributed by atoms with Gasteiger partial charge < -0.3 is 9.80 Å². The standard InChI is InChI=1S/C27H52N4/c1-23(2)29-20-18-28(19-21-29)22-24-8-14-30(15-9-24)25-6-10-27(11-7-25)12-16-31(17-13-27)26(3,4)5/h23-25H,6-22H2,1-5H3. The molecule has 0 aromatic carbocycles. The molecule has 0 atom stereocenters. The summed E-state index contributed by atoms with van der Waals surface area (Å²) in [5.74, 6) is 0.943. The first kappa shape index (κ1) is 24.0.